The number of rotatable bonds is 2. The van der Waals surface area contributed by atoms with Crippen LogP contribution in [0, 0.1) is 0 Å². The molecule has 1 unspecified atom stereocenters. The molecule has 0 spiro atoms. The van der Waals surface area contributed by atoms with E-state index < -0.39 is 0 Å². The second-order valence-corrected chi connectivity index (χ2v) is 5.96. The molecule has 1 N–H and O–H groups in total. The first kappa shape index (κ1) is 10.2. The summed E-state index contributed by atoms with van der Waals surface area (Å²) < 4.78 is 1.30. The Balaban J connectivity index is 1.89. The molecule has 0 bridgehead atoms. The Kier molecular flexibility index (Phi) is 2.45. The van der Waals surface area contributed by atoms with Gasteiger partial charge in [0.2, 0.25) is 0 Å². The van der Waals surface area contributed by atoms with Gasteiger partial charge in [-0.1, -0.05) is 12.1 Å². The van der Waals surface area contributed by atoms with Crippen molar-refractivity contribution in [1.29, 1.82) is 0 Å². The van der Waals surface area contributed by atoms with E-state index >= 15 is 0 Å². The summed E-state index contributed by atoms with van der Waals surface area (Å²) >= 11 is 1.83. The summed E-state index contributed by atoms with van der Waals surface area (Å²) in [6.45, 7) is 3.47. The highest BCUT2D eigenvalue weighted by atomic mass is 32.1. The number of hydrogen-bond donors (Lipinski definition) is 1. The van der Waals surface area contributed by atoms with Crippen molar-refractivity contribution in [2.75, 3.05) is 6.54 Å². The van der Waals surface area contributed by atoms with Gasteiger partial charge in [0.05, 0.1) is 15.2 Å². The van der Waals surface area contributed by atoms with Crippen molar-refractivity contribution >= 4 is 21.6 Å². The number of para-hydroxylation sites is 1. The van der Waals surface area contributed by atoms with E-state index in [4.69, 9.17) is 4.98 Å². The van der Waals surface area contributed by atoms with E-state index in [1.54, 1.807) is 0 Å². The maximum atomic E-state index is 4.70. The minimum Gasteiger partial charge on any atom is -0.311 e. The molecule has 1 saturated heterocycles. The summed E-state index contributed by atoms with van der Waals surface area (Å²) in [6, 6.07) is 8.39. The molecule has 3 rings (SSSR count). The van der Waals surface area contributed by atoms with Crippen LogP contribution in [0.3, 0.4) is 0 Å². The van der Waals surface area contributed by atoms with Crippen LogP contribution in [-0.4, -0.2) is 17.1 Å². The van der Waals surface area contributed by atoms with Gasteiger partial charge >= 0.3 is 0 Å². The van der Waals surface area contributed by atoms with Gasteiger partial charge in [-0.15, -0.1) is 11.3 Å². The SMILES string of the molecule is CC1(Cc2nc3ccccc3s2)CCCN1. The van der Waals surface area contributed by atoms with Crippen LogP contribution in [0.25, 0.3) is 10.2 Å². The molecular weight excluding hydrogens is 216 g/mol. The predicted octanol–water partition coefficient (Wildman–Crippen LogP) is 2.98. The van der Waals surface area contributed by atoms with E-state index in [2.05, 4.69) is 36.5 Å². The van der Waals surface area contributed by atoms with Crippen molar-refractivity contribution in [2.45, 2.75) is 31.7 Å². The third kappa shape index (κ3) is 1.85. The van der Waals surface area contributed by atoms with Crippen LogP contribution in [0.4, 0.5) is 0 Å². The quantitative estimate of drug-likeness (QED) is 0.861. The number of aromatic nitrogens is 1. The topological polar surface area (TPSA) is 24.9 Å². The molecule has 0 aliphatic carbocycles. The first-order valence-electron chi connectivity index (χ1n) is 5.85. The van der Waals surface area contributed by atoms with Gasteiger partial charge in [-0.2, -0.15) is 0 Å². The molecule has 1 fully saturated rings. The lowest BCUT2D eigenvalue weighted by Crippen LogP contribution is -2.38. The van der Waals surface area contributed by atoms with Gasteiger partial charge in [0, 0.05) is 12.0 Å². The number of benzene rings is 1. The molecule has 3 heteroatoms. The van der Waals surface area contributed by atoms with E-state index in [9.17, 15) is 0 Å². The maximum absolute atomic E-state index is 4.70. The molecule has 1 atom stereocenters. The second-order valence-electron chi connectivity index (χ2n) is 4.84. The van der Waals surface area contributed by atoms with Crippen molar-refractivity contribution in [2.24, 2.45) is 0 Å². The third-order valence-corrected chi connectivity index (χ3v) is 4.37. The predicted molar refractivity (Wildman–Crippen MR) is 69.0 cm³/mol. The van der Waals surface area contributed by atoms with Gasteiger partial charge in [0.25, 0.3) is 0 Å². The first-order valence-corrected chi connectivity index (χ1v) is 6.66. The Morgan fingerprint density at radius 2 is 2.31 bits per heavy atom. The molecule has 2 heterocycles. The molecule has 1 aromatic carbocycles. The second kappa shape index (κ2) is 3.82. The smallest absolute Gasteiger partial charge is 0.0956 e. The molecule has 0 saturated carbocycles. The standard InChI is InChI=1S/C13H16N2S/c1-13(7-4-8-14-13)9-12-15-10-5-2-3-6-11(10)16-12/h2-3,5-6,14H,4,7-9H2,1H3. The number of nitrogens with zero attached hydrogens (tertiary/aromatic N) is 1. The molecule has 0 amide bonds. The fraction of sp³-hybridized carbons (Fsp3) is 0.462. The average Bonchev–Trinajstić information content (AvgIpc) is 2.84. The van der Waals surface area contributed by atoms with Gasteiger partial charge in [0.1, 0.15) is 0 Å². The molecular formula is C13H16N2S. The van der Waals surface area contributed by atoms with E-state index in [1.165, 1.54) is 22.5 Å². The fourth-order valence-electron chi connectivity index (χ4n) is 2.44. The van der Waals surface area contributed by atoms with Crippen LogP contribution in [0.15, 0.2) is 24.3 Å². The van der Waals surface area contributed by atoms with Gasteiger partial charge in [0.15, 0.2) is 0 Å². The van der Waals surface area contributed by atoms with Crippen LogP contribution in [0.5, 0.6) is 0 Å². The lowest BCUT2D eigenvalue weighted by atomic mass is 9.96. The van der Waals surface area contributed by atoms with Crippen LogP contribution >= 0.6 is 11.3 Å². The summed E-state index contributed by atoms with van der Waals surface area (Å²) in [4.78, 5) is 4.70. The Hall–Kier alpha value is -0.930. The summed E-state index contributed by atoms with van der Waals surface area (Å²) in [5.74, 6) is 0. The van der Waals surface area contributed by atoms with E-state index in [0.717, 1.165) is 18.5 Å². The monoisotopic (exact) mass is 232 g/mol. The van der Waals surface area contributed by atoms with Crippen LogP contribution in [-0.2, 0) is 6.42 Å². The highest BCUT2D eigenvalue weighted by Gasteiger charge is 2.29. The zero-order valence-electron chi connectivity index (χ0n) is 9.49. The van der Waals surface area contributed by atoms with Gasteiger partial charge in [-0.3, -0.25) is 0 Å². The van der Waals surface area contributed by atoms with E-state index in [0.29, 0.717) is 0 Å². The third-order valence-electron chi connectivity index (χ3n) is 3.34. The Labute approximate surface area is 99.7 Å². The molecule has 2 aromatic rings. The molecule has 1 aliphatic heterocycles. The normalized spacial score (nSPS) is 25.3. The van der Waals surface area contributed by atoms with Crippen molar-refractivity contribution in [3.05, 3.63) is 29.3 Å². The summed E-state index contributed by atoms with van der Waals surface area (Å²) in [6.07, 6.45) is 3.62. The fourth-order valence-corrected chi connectivity index (χ4v) is 3.59. The first-order chi connectivity index (χ1) is 7.75. The molecule has 0 radical (unpaired) electrons. The Morgan fingerprint density at radius 1 is 1.44 bits per heavy atom. The lowest BCUT2D eigenvalue weighted by molar-refractivity contribution is 0.412. The van der Waals surface area contributed by atoms with Gasteiger partial charge < -0.3 is 5.32 Å². The Bertz CT molecular complexity index is 464. The highest BCUT2D eigenvalue weighted by Crippen LogP contribution is 2.28. The van der Waals surface area contributed by atoms with E-state index in [-0.39, 0.29) is 5.54 Å². The van der Waals surface area contributed by atoms with E-state index in [1.807, 2.05) is 11.3 Å². The number of nitrogens with one attached hydrogen (secondary N) is 1. The molecule has 1 aromatic heterocycles. The zero-order valence-corrected chi connectivity index (χ0v) is 10.3. The summed E-state index contributed by atoms with van der Waals surface area (Å²) in [5, 5.41) is 4.85. The molecule has 84 valence electrons. The minimum absolute atomic E-state index is 0.272. The van der Waals surface area contributed by atoms with Gasteiger partial charge in [-0.05, 0) is 38.4 Å². The van der Waals surface area contributed by atoms with Crippen molar-refractivity contribution < 1.29 is 0 Å². The van der Waals surface area contributed by atoms with Crippen molar-refractivity contribution in [1.82, 2.24) is 10.3 Å². The van der Waals surface area contributed by atoms with Crippen LogP contribution in [0.1, 0.15) is 24.8 Å². The van der Waals surface area contributed by atoms with Crippen LogP contribution < -0.4 is 5.32 Å². The van der Waals surface area contributed by atoms with Crippen LogP contribution in [0.2, 0.25) is 0 Å². The van der Waals surface area contributed by atoms with Crippen molar-refractivity contribution in [3.8, 4) is 0 Å². The summed E-state index contributed by atoms with van der Waals surface area (Å²) in [5.41, 5.74) is 1.41. The largest absolute Gasteiger partial charge is 0.311 e. The summed E-state index contributed by atoms with van der Waals surface area (Å²) in [7, 11) is 0. The average molecular weight is 232 g/mol. The molecule has 16 heavy (non-hydrogen) atoms. The number of fused-ring (bicyclic) bond motifs is 1. The number of hydrogen-bond acceptors (Lipinski definition) is 3. The molecule has 2 nitrogen and oxygen atoms in total. The highest BCUT2D eigenvalue weighted by molar-refractivity contribution is 7.18. The number of thiazole rings is 1. The Morgan fingerprint density at radius 3 is 3.06 bits per heavy atom. The molecule has 1 aliphatic rings. The lowest BCUT2D eigenvalue weighted by Gasteiger charge is -2.22. The minimum atomic E-state index is 0.272. The van der Waals surface area contributed by atoms with Gasteiger partial charge in [-0.25, -0.2) is 4.98 Å². The maximum Gasteiger partial charge on any atom is 0.0956 e. The zero-order chi connectivity index (χ0) is 11.0. The van der Waals surface area contributed by atoms with Crippen molar-refractivity contribution in [3.63, 3.8) is 0 Å².